The van der Waals surface area contributed by atoms with Gasteiger partial charge in [-0.05, 0) is 48.7 Å². The topological polar surface area (TPSA) is 91.3 Å². The Balaban J connectivity index is 1.31. The Morgan fingerprint density at radius 2 is 1.62 bits per heavy atom. The highest BCUT2D eigenvalue weighted by Gasteiger charge is 2.47. The second-order valence-electron chi connectivity index (χ2n) is 11.8. The minimum Gasteiger partial charge on any atom is -0.392 e. The van der Waals surface area contributed by atoms with Gasteiger partial charge in [0.25, 0.3) is 0 Å². The Morgan fingerprint density at radius 3 is 2.27 bits per heavy atom. The van der Waals surface area contributed by atoms with Gasteiger partial charge in [-0.3, -0.25) is 14.5 Å². The van der Waals surface area contributed by atoms with E-state index >= 15 is 0 Å². The van der Waals surface area contributed by atoms with Crippen molar-refractivity contribution in [3.05, 3.63) is 101 Å². The number of halogens is 3. The molecule has 2 aliphatic rings. The molecule has 2 amide bonds. The molecule has 0 saturated carbocycles. The van der Waals surface area contributed by atoms with Crippen LogP contribution in [0.5, 0.6) is 0 Å². The molecule has 5 unspecified atom stereocenters. The largest absolute Gasteiger partial charge is 0.471 e. The summed E-state index contributed by atoms with van der Waals surface area (Å²) in [7, 11) is 2.05. The Kier molecular flexibility index (Phi) is 10.2. The highest BCUT2D eigenvalue weighted by atomic mass is 19.4. The summed E-state index contributed by atoms with van der Waals surface area (Å²) in [5.74, 6) is -2.67. The average molecular weight is 626 g/mol. The molecular weight excluding hydrogens is 587 g/mol. The number of likely N-dealkylation sites (tertiary alicyclic amines) is 1. The van der Waals surface area contributed by atoms with Crippen molar-refractivity contribution < 1.29 is 37.3 Å². The number of benzene rings is 3. The monoisotopic (exact) mass is 625 g/mol. The van der Waals surface area contributed by atoms with Crippen molar-refractivity contribution in [3.8, 4) is 0 Å². The van der Waals surface area contributed by atoms with E-state index in [1.54, 1.807) is 24.3 Å². The first-order chi connectivity index (χ1) is 21.5. The number of nitrogens with zero attached hydrogens (tertiary/aromatic N) is 2. The van der Waals surface area contributed by atoms with Gasteiger partial charge < -0.3 is 24.8 Å². The summed E-state index contributed by atoms with van der Waals surface area (Å²) >= 11 is 0. The first kappa shape index (κ1) is 32.6. The number of aliphatic hydroxyl groups excluding tert-OH is 1. The molecule has 2 fully saturated rings. The summed E-state index contributed by atoms with van der Waals surface area (Å²) in [6, 6.07) is 23.4. The molecule has 2 heterocycles. The molecule has 2 aliphatic heterocycles. The average Bonchev–Trinajstić information content (AvgIpc) is 3.52. The normalized spacial score (nSPS) is 23.7. The highest BCUT2D eigenvalue weighted by Crippen LogP contribution is 2.42. The van der Waals surface area contributed by atoms with E-state index in [9.17, 15) is 27.9 Å². The van der Waals surface area contributed by atoms with Crippen molar-refractivity contribution in [3.63, 3.8) is 0 Å². The van der Waals surface area contributed by atoms with Gasteiger partial charge in [-0.2, -0.15) is 13.2 Å². The van der Waals surface area contributed by atoms with Gasteiger partial charge in [-0.1, -0.05) is 73.7 Å². The number of likely N-dealkylation sites (N-methyl/N-ethyl adjacent to an activating group) is 1. The lowest BCUT2D eigenvalue weighted by Crippen LogP contribution is -2.48. The fourth-order valence-electron chi connectivity index (χ4n) is 5.99. The molecule has 5 rings (SSSR count). The lowest BCUT2D eigenvalue weighted by atomic mass is 9.90. The van der Waals surface area contributed by atoms with Crippen LogP contribution in [0, 0.1) is 5.92 Å². The number of aliphatic hydroxyl groups is 1. The van der Waals surface area contributed by atoms with E-state index in [0.29, 0.717) is 29.1 Å². The van der Waals surface area contributed by atoms with Crippen molar-refractivity contribution in [1.29, 1.82) is 0 Å². The van der Waals surface area contributed by atoms with Crippen LogP contribution in [0.3, 0.4) is 0 Å². The Hall–Kier alpha value is -3.77. The molecule has 0 aromatic heterocycles. The third kappa shape index (κ3) is 7.91. The predicted octanol–water partition coefficient (Wildman–Crippen LogP) is 5.59. The molecule has 3 aromatic carbocycles. The Labute approximate surface area is 260 Å². The standard InChI is InChI=1S/C34H38F3N3O5/c1-22-29(20-39(2)19-23-7-4-3-5-8-23)44-32(45-30(22)25-12-10-24(21-41)11-13-25)26-14-16-27(17-15-26)38-31(42)28-9-6-18-40(28)33(43)34(35,36)37/h3-5,7-8,10-17,22,28-30,32,41H,6,9,18-21H2,1-2H3,(H,38,42). The fourth-order valence-corrected chi connectivity index (χ4v) is 5.99. The first-order valence-electron chi connectivity index (χ1n) is 15.0. The van der Waals surface area contributed by atoms with Crippen LogP contribution in [0.2, 0.25) is 0 Å². The summed E-state index contributed by atoms with van der Waals surface area (Å²) in [6.07, 6.45) is -5.77. The molecule has 240 valence electrons. The molecule has 45 heavy (non-hydrogen) atoms. The van der Waals surface area contributed by atoms with Gasteiger partial charge in [-0.15, -0.1) is 0 Å². The SMILES string of the molecule is CC1C(CN(C)Cc2ccccc2)OC(c2ccc(NC(=O)C3CCCN3C(=O)C(F)(F)F)cc2)OC1c1ccc(CO)cc1. The van der Waals surface area contributed by atoms with E-state index in [2.05, 4.69) is 29.3 Å². The van der Waals surface area contributed by atoms with E-state index in [0.717, 1.165) is 17.7 Å². The molecule has 2 N–H and O–H groups in total. The molecule has 11 heteroatoms. The van der Waals surface area contributed by atoms with E-state index in [4.69, 9.17) is 9.47 Å². The van der Waals surface area contributed by atoms with Gasteiger partial charge in [0, 0.05) is 36.8 Å². The zero-order valence-electron chi connectivity index (χ0n) is 25.2. The molecule has 2 saturated heterocycles. The van der Waals surface area contributed by atoms with Gasteiger partial charge in [-0.25, -0.2) is 0 Å². The van der Waals surface area contributed by atoms with Crippen LogP contribution in [-0.2, 0) is 32.2 Å². The predicted molar refractivity (Wildman–Crippen MR) is 162 cm³/mol. The maximum Gasteiger partial charge on any atom is 0.471 e. The number of hydrogen-bond acceptors (Lipinski definition) is 6. The lowest BCUT2D eigenvalue weighted by molar-refractivity contribution is -0.276. The number of rotatable bonds is 9. The highest BCUT2D eigenvalue weighted by molar-refractivity contribution is 5.98. The van der Waals surface area contributed by atoms with Crippen LogP contribution in [0.25, 0.3) is 0 Å². The molecular formula is C34H38F3N3O5. The van der Waals surface area contributed by atoms with Crippen molar-refractivity contribution in [2.75, 3.05) is 25.5 Å². The van der Waals surface area contributed by atoms with Crippen LogP contribution in [-0.4, -0.2) is 65.2 Å². The number of carbonyl (C=O) groups is 2. The van der Waals surface area contributed by atoms with E-state index < -0.39 is 30.3 Å². The van der Waals surface area contributed by atoms with Gasteiger partial charge >= 0.3 is 12.1 Å². The summed E-state index contributed by atoms with van der Waals surface area (Å²) in [5.41, 5.74) is 4.04. The molecule has 8 nitrogen and oxygen atoms in total. The second kappa shape index (κ2) is 14.1. The Bertz CT molecular complexity index is 1440. The number of anilines is 1. The number of nitrogens with one attached hydrogen (secondary N) is 1. The minimum atomic E-state index is -5.03. The number of amides is 2. The van der Waals surface area contributed by atoms with Crippen molar-refractivity contribution >= 4 is 17.5 Å². The minimum absolute atomic E-state index is 0.00761. The number of ether oxygens (including phenoxy) is 2. The van der Waals surface area contributed by atoms with Gasteiger partial charge in [0.2, 0.25) is 5.91 Å². The third-order valence-electron chi connectivity index (χ3n) is 8.42. The summed E-state index contributed by atoms with van der Waals surface area (Å²) in [4.78, 5) is 27.5. The van der Waals surface area contributed by atoms with Crippen molar-refractivity contribution in [1.82, 2.24) is 9.80 Å². The lowest BCUT2D eigenvalue weighted by Gasteiger charge is -2.42. The summed E-state index contributed by atoms with van der Waals surface area (Å²) in [5, 5.41) is 12.2. The Morgan fingerprint density at radius 1 is 0.956 bits per heavy atom. The van der Waals surface area contributed by atoms with E-state index in [-0.39, 0.29) is 37.7 Å². The maximum absolute atomic E-state index is 13.0. The van der Waals surface area contributed by atoms with Crippen LogP contribution in [0.1, 0.15) is 54.4 Å². The number of hydrogen-bond donors (Lipinski definition) is 2. The van der Waals surface area contributed by atoms with Crippen molar-refractivity contribution in [2.24, 2.45) is 5.92 Å². The maximum atomic E-state index is 13.0. The number of carbonyl (C=O) groups excluding carboxylic acids is 2. The van der Waals surface area contributed by atoms with Crippen molar-refractivity contribution in [2.45, 2.75) is 63.6 Å². The van der Waals surface area contributed by atoms with Gasteiger partial charge in [0.15, 0.2) is 6.29 Å². The summed E-state index contributed by atoms with van der Waals surface area (Å²) in [6.45, 7) is 3.31. The van der Waals surface area contributed by atoms with Gasteiger partial charge in [0.1, 0.15) is 6.04 Å². The fraction of sp³-hybridized carbons (Fsp3) is 0.412. The molecule has 0 spiro atoms. The zero-order valence-corrected chi connectivity index (χ0v) is 25.2. The van der Waals surface area contributed by atoms with Crippen LogP contribution < -0.4 is 5.32 Å². The summed E-state index contributed by atoms with van der Waals surface area (Å²) < 4.78 is 52.1. The van der Waals surface area contributed by atoms with Crippen LogP contribution in [0.4, 0.5) is 18.9 Å². The molecule has 0 radical (unpaired) electrons. The van der Waals surface area contributed by atoms with E-state index in [1.165, 1.54) is 5.56 Å². The third-order valence-corrected chi connectivity index (χ3v) is 8.42. The van der Waals surface area contributed by atoms with E-state index in [1.807, 2.05) is 49.5 Å². The molecule has 3 aromatic rings. The molecule has 5 atom stereocenters. The molecule has 0 bridgehead atoms. The first-order valence-corrected chi connectivity index (χ1v) is 15.0. The zero-order chi connectivity index (χ0) is 32.1. The quantitative estimate of drug-likeness (QED) is 0.322. The second-order valence-corrected chi connectivity index (χ2v) is 11.8. The molecule has 0 aliphatic carbocycles. The van der Waals surface area contributed by atoms with Crippen LogP contribution in [0.15, 0.2) is 78.9 Å². The van der Waals surface area contributed by atoms with Gasteiger partial charge in [0.05, 0.1) is 18.8 Å². The van der Waals surface area contributed by atoms with Crippen LogP contribution >= 0.6 is 0 Å². The number of alkyl halides is 3. The smallest absolute Gasteiger partial charge is 0.392 e.